The van der Waals surface area contributed by atoms with Crippen LogP contribution in [-0.4, -0.2) is 9.85 Å². The number of non-ortho nitro benzene ring substituents is 2. The number of benzene rings is 2. The molecule has 0 atom stereocenters. The van der Waals surface area contributed by atoms with Gasteiger partial charge in [-0.15, -0.1) is 0 Å². The Hall–Kier alpha value is -2.76. The van der Waals surface area contributed by atoms with Gasteiger partial charge in [0.1, 0.15) is 0 Å². The third-order valence-corrected chi connectivity index (χ3v) is 6.86. The third-order valence-electron chi connectivity index (χ3n) is 6.86. The molecular weight excluding hydrogens is 440 g/mol. The van der Waals surface area contributed by atoms with Gasteiger partial charge in [-0.05, 0) is 17.5 Å². The van der Waals surface area contributed by atoms with Crippen molar-refractivity contribution in [1.82, 2.24) is 0 Å². The van der Waals surface area contributed by atoms with Crippen LogP contribution in [0.15, 0.2) is 48.5 Å². The Bertz CT molecular complexity index is 808. The molecule has 0 bridgehead atoms. The Morgan fingerprint density at radius 2 is 0.857 bits per heavy atom. The number of rotatable bonds is 19. The van der Waals surface area contributed by atoms with Crippen LogP contribution in [0.2, 0.25) is 0 Å². The summed E-state index contributed by atoms with van der Waals surface area (Å²) in [6.07, 6.45) is 19.3. The summed E-state index contributed by atoms with van der Waals surface area (Å²) in [4.78, 5) is 21.2. The normalized spacial score (nSPS) is 11.1. The number of unbranched alkanes of at least 4 members (excludes halogenated alkanes) is 13. The number of nitrogens with zero attached hydrogens (tertiary/aromatic N) is 2. The molecule has 2 aromatic carbocycles. The average molecular weight is 483 g/mol. The molecule has 0 saturated heterocycles. The van der Waals surface area contributed by atoms with E-state index in [4.69, 9.17) is 0 Å². The highest BCUT2D eigenvalue weighted by Crippen LogP contribution is 2.32. The van der Waals surface area contributed by atoms with Crippen molar-refractivity contribution >= 4 is 11.4 Å². The van der Waals surface area contributed by atoms with E-state index in [2.05, 4.69) is 6.92 Å². The van der Waals surface area contributed by atoms with Gasteiger partial charge in [-0.25, -0.2) is 0 Å². The van der Waals surface area contributed by atoms with Crippen LogP contribution in [0.3, 0.4) is 0 Å². The Labute approximate surface area is 210 Å². The van der Waals surface area contributed by atoms with Crippen molar-refractivity contribution in [2.24, 2.45) is 0 Å². The molecule has 0 spiro atoms. The lowest BCUT2D eigenvalue weighted by Gasteiger charge is -2.18. The van der Waals surface area contributed by atoms with Gasteiger partial charge in [0.25, 0.3) is 11.4 Å². The van der Waals surface area contributed by atoms with Gasteiger partial charge >= 0.3 is 0 Å². The maximum atomic E-state index is 11.0. The zero-order valence-electron chi connectivity index (χ0n) is 21.3. The number of nitro groups is 2. The highest BCUT2D eigenvalue weighted by Gasteiger charge is 2.17. The molecular formula is C29H42N2O4. The SMILES string of the molecule is CCCCCCCCCCCCCCCCC(c1ccc([N+](=O)[O-])cc1)c1ccc([N+](=O)[O-])cc1. The number of nitro benzene ring substituents is 2. The minimum absolute atomic E-state index is 0.0766. The Morgan fingerprint density at radius 3 is 1.17 bits per heavy atom. The predicted octanol–water partition coefficient (Wildman–Crippen LogP) is 9.51. The number of hydrogen-bond donors (Lipinski definition) is 0. The summed E-state index contributed by atoms with van der Waals surface area (Å²) in [5.74, 6) is 0.0777. The quantitative estimate of drug-likeness (QED) is 0.113. The first-order chi connectivity index (χ1) is 17.0. The molecule has 35 heavy (non-hydrogen) atoms. The van der Waals surface area contributed by atoms with Gasteiger partial charge in [-0.2, -0.15) is 0 Å². The highest BCUT2D eigenvalue weighted by atomic mass is 16.6. The van der Waals surface area contributed by atoms with Crippen LogP contribution in [0.4, 0.5) is 11.4 Å². The van der Waals surface area contributed by atoms with Crippen molar-refractivity contribution < 1.29 is 9.85 Å². The lowest BCUT2D eigenvalue weighted by molar-refractivity contribution is -0.385. The van der Waals surface area contributed by atoms with Crippen molar-refractivity contribution in [2.45, 2.75) is 109 Å². The van der Waals surface area contributed by atoms with E-state index in [-0.39, 0.29) is 17.3 Å². The molecule has 0 heterocycles. The Morgan fingerprint density at radius 1 is 0.543 bits per heavy atom. The molecule has 0 fully saturated rings. The third kappa shape index (κ3) is 11.0. The summed E-state index contributed by atoms with van der Waals surface area (Å²) < 4.78 is 0. The first kappa shape index (κ1) is 28.5. The average Bonchev–Trinajstić information content (AvgIpc) is 2.86. The fraction of sp³-hybridized carbons (Fsp3) is 0.586. The lowest BCUT2D eigenvalue weighted by Crippen LogP contribution is -2.02. The van der Waals surface area contributed by atoms with Gasteiger partial charge in [0, 0.05) is 30.2 Å². The topological polar surface area (TPSA) is 86.3 Å². The summed E-state index contributed by atoms with van der Waals surface area (Å²) >= 11 is 0. The van der Waals surface area contributed by atoms with Crippen molar-refractivity contribution in [3.63, 3.8) is 0 Å². The molecule has 6 heteroatoms. The maximum absolute atomic E-state index is 11.0. The fourth-order valence-electron chi connectivity index (χ4n) is 4.73. The van der Waals surface area contributed by atoms with Crippen LogP contribution in [0, 0.1) is 20.2 Å². The Kier molecular flexibility index (Phi) is 13.7. The molecule has 2 rings (SSSR count). The van der Waals surface area contributed by atoms with Crippen LogP contribution < -0.4 is 0 Å². The van der Waals surface area contributed by atoms with Gasteiger partial charge < -0.3 is 0 Å². The second-order valence-corrected chi connectivity index (χ2v) is 9.63. The largest absolute Gasteiger partial charge is 0.269 e. The second-order valence-electron chi connectivity index (χ2n) is 9.63. The van der Waals surface area contributed by atoms with Gasteiger partial charge in [0.15, 0.2) is 0 Å². The predicted molar refractivity (Wildman–Crippen MR) is 143 cm³/mol. The molecule has 6 nitrogen and oxygen atoms in total. The van der Waals surface area contributed by atoms with Crippen LogP contribution in [-0.2, 0) is 0 Å². The second kappa shape index (κ2) is 16.8. The maximum Gasteiger partial charge on any atom is 0.269 e. The standard InChI is InChI=1S/C29H42N2O4/c1-2-3-4-5-6-7-8-9-10-11-12-13-14-15-16-29(25-17-21-27(22-18-25)30(32)33)26-19-23-28(24-20-26)31(34)35/h17-24,29H,2-16H2,1H3. The van der Waals surface area contributed by atoms with Crippen LogP contribution in [0.25, 0.3) is 0 Å². The van der Waals surface area contributed by atoms with E-state index in [9.17, 15) is 20.2 Å². The van der Waals surface area contributed by atoms with E-state index in [1.807, 2.05) is 24.3 Å². The zero-order chi connectivity index (χ0) is 25.3. The molecule has 0 aromatic heterocycles. The molecule has 0 amide bonds. The van der Waals surface area contributed by atoms with Gasteiger partial charge in [0.05, 0.1) is 9.85 Å². The molecule has 0 aliphatic heterocycles. The van der Waals surface area contributed by atoms with E-state index in [0.29, 0.717) is 0 Å². The monoisotopic (exact) mass is 482 g/mol. The number of hydrogen-bond acceptors (Lipinski definition) is 4. The first-order valence-electron chi connectivity index (χ1n) is 13.5. The zero-order valence-corrected chi connectivity index (χ0v) is 21.3. The molecule has 0 radical (unpaired) electrons. The first-order valence-corrected chi connectivity index (χ1v) is 13.5. The Balaban J connectivity index is 1.74. The summed E-state index contributed by atoms with van der Waals surface area (Å²) in [6, 6.07) is 13.4. The van der Waals surface area contributed by atoms with Crippen molar-refractivity contribution in [1.29, 1.82) is 0 Å². The van der Waals surface area contributed by atoms with E-state index in [1.165, 1.54) is 77.0 Å². The van der Waals surface area contributed by atoms with Crippen LogP contribution in [0.5, 0.6) is 0 Å². The van der Waals surface area contributed by atoms with Gasteiger partial charge in [-0.1, -0.05) is 121 Å². The molecule has 0 aliphatic rings. The van der Waals surface area contributed by atoms with Crippen molar-refractivity contribution in [2.75, 3.05) is 0 Å². The minimum Gasteiger partial charge on any atom is -0.258 e. The van der Waals surface area contributed by atoms with Crippen LogP contribution in [0.1, 0.15) is 120 Å². The highest BCUT2D eigenvalue weighted by molar-refractivity contribution is 5.41. The smallest absolute Gasteiger partial charge is 0.258 e. The van der Waals surface area contributed by atoms with E-state index in [0.717, 1.165) is 30.4 Å². The minimum atomic E-state index is -0.391. The van der Waals surface area contributed by atoms with E-state index in [1.54, 1.807) is 24.3 Å². The molecule has 2 aromatic rings. The summed E-state index contributed by atoms with van der Waals surface area (Å²) in [5.41, 5.74) is 2.18. The molecule has 0 N–H and O–H groups in total. The molecule has 0 saturated carbocycles. The molecule has 192 valence electrons. The fourth-order valence-corrected chi connectivity index (χ4v) is 4.73. The molecule has 0 aliphatic carbocycles. The summed E-state index contributed by atoms with van der Waals surface area (Å²) in [7, 11) is 0. The molecule has 0 unspecified atom stereocenters. The van der Waals surface area contributed by atoms with Crippen molar-refractivity contribution in [3.05, 3.63) is 79.9 Å². The van der Waals surface area contributed by atoms with E-state index < -0.39 is 9.85 Å². The summed E-state index contributed by atoms with van der Waals surface area (Å²) in [6.45, 7) is 2.26. The lowest BCUT2D eigenvalue weighted by atomic mass is 9.86. The van der Waals surface area contributed by atoms with Crippen LogP contribution >= 0.6 is 0 Å². The van der Waals surface area contributed by atoms with Crippen molar-refractivity contribution in [3.8, 4) is 0 Å². The van der Waals surface area contributed by atoms with Gasteiger partial charge in [-0.3, -0.25) is 20.2 Å². The van der Waals surface area contributed by atoms with E-state index >= 15 is 0 Å². The summed E-state index contributed by atoms with van der Waals surface area (Å²) in [5, 5.41) is 22.0. The van der Waals surface area contributed by atoms with Gasteiger partial charge in [0.2, 0.25) is 0 Å².